The van der Waals surface area contributed by atoms with Crippen molar-refractivity contribution in [1.82, 2.24) is 4.98 Å². The average Bonchev–Trinajstić information content (AvgIpc) is 2.01. The molecule has 0 amide bonds. The Morgan fingerprint density at radius 2 is 2.31 bits per heavy atom. The van der Waals surface area contributed by atoms with Gasteiger partial charge in [0.15, 0.2) is 0 Å². The Bertz CT molecular complexity index is 428. The number of nitrogens with zero attached hydrogens (tertiary/aromatic N) is 2. The molecule has 3 nitrogen and oxygen atoms in total. The normalized spacial score (nSPS) is 19.2. The Morgan fingerprint density at radius 3 is 2.85 bits per heavy atom. The molecule has 0 atom stereocenters. The molecule has 13 heavy (non-hydrogen) atoms. The molecule has 0 N–H and O–H groups in total. The second-order valence-corrected chi connectivity index (χ2v) is 5.51. The fraction of sp³-hybridized carbons (Fsp3) is 0.375. The highest BCUT2D eigenvalue weighted by molar-refractivity contribution is 7.95. The highest BCUT2D eigenvalue weighted by Gasteiger charge is 2.18. The second-order valence-electron chi connectivity index (χ2n) is 2.96. The van der Waals surface area contributed by atoms with Gasteiger partial charge in [0.25, 0.3) is 0 Å². The predicted octanol–water partition coefficient (Wildman–Crippen LogP) is 1.72. The zero-order valence-electron chi connectivity index (χ0n) is 6.94. The zero-order valence-corrected chi connectivity index (χ0v) is 7.76. The van der Waals surface area contributed by atoms with Crippen LogP contribution in [0, 0.1) is 5.95 Å². The van der Waals surface area contributed by atoms with E-state index in [1.807, 2.05) is 0 Å². The number of aromatic nitrogens is 1. The van der Waals surface area contributed by atoms with E-state index in [1.54, 1.807) is 6.07 Å². The molecule has 0 radical (unpaired) electrons. The topological polar surface area (TPSA) is 42.3 Å². The van der Waals surface area contributed by atoms with Crippen LogP contribution in [0.25, 0.3) is 0 Å². The largest absolute Gasteiger partial charge is 0.249 e. The molecular weight excluding hydrogens is 191 g/mol. The van der Waals surface area contributed by atoms with E-state index in [4.69, 9.17) is 0 Å². The van der Waals surface area contributed by atoms with Crippen LogP contribution >= 0.6 is 0 Å². The number of hydrogen-bond donors (Lipinski definition) is 0. The first kappa shape index (κ1) is 8.62. The molecule has 0 aliphatic carbocycles. The summed E-state index contributed by atoms with van der Waals surface area (Å²) in [6, 6.07) is 2.76. The smallest absolute Gasteiger partial charge is 0.214 e. The Balaban J connectivity index is 2.37. The van der Waals surface area contributed by atoms with Crippen molar-refractivity contribution >= 4 is 15.4 Å². The lowest BCUT2D eigenvalue weighted by atomic mass is 10.4. The monoisotopic (exact) mass is 200 g/mol. The van der Waals surface area contributed by atoms with Crippen molar-refractivity contribution in [2.45, 2.75) is 6.42 Å². The molecule has 0 saturated carbocycles. The molecule has 1 aliphatic rings. The van der Waals surface area contributed by atoms with Gasteiger partial charge in [-0.05, 0) is 12.5 Å². The lowest BCUT2D eigenvalue weighted by Gasteiger charge is -2.17. The van der Waals surface area contributed by atoms with Gasteiger partial charge in [-0.25, -0.2) is 9.19 Å². The predicted molar refractivity (Wildman–Crippen MR) is 48.8 cm³/mol. The maximum absolute atomic E-state index is 12.6. The van der Waals surface area contributed by atoms with E-state index in [9.17, 15) is 8.60 Å². The van der Waals surface area contributed by atoms with Crippen molar-refractivity contribution in [2.24, 2.45) is 4.36 Å². The Hall–Kier alpha value is -0.970. The lowest BCUT2D eigenvalue weighted by molar-refractivity contribution is 0.584. The zero-order chi connectivity index (χ0) is 9.31. The lowest BCUT2D eigenvalue weighted by Crippen LogP contribution is -2.22. The molecule has 1 aromatic heterocycles. The minimum absolute atomic E-state index is 0.428. The van der Waals surface area contributed by atoms with Gasteiger partial charge in [0.1, 0.15) is 0 Å². The maximum atomic E-state index is 12.6. The van der Waals surface area contributed by atoms with E-state index in [2.05, 4.69) is 9.35 Å². The summed E-state index contributed by atoms with van der Waals surface area (Å²) in [6.45, 7) is 0. The van der Waals surface area contributed by atoms with Gasteiger partial charge in [0.2, 0.25) is 5.95 Å². The third kappa shape index (κ3) is 1.85. The van der Waals surface area contributed by atoms with Crippen LogP contribution in [0.3, 0.4) is 0 Å². The third-order valence-electron chi connectivity index (χ3n) is 1.91. The first-order valence-electron chi connectivity index (χ1n) is 4.02. The van der Waals surface area contributed by atoms with Crippen molar-refractivity contribution in [3.8, 4) is 0 Å². The third-order valence-corrected chi connectivity index (χ3v) is 4.31. The number of hydrogen-bond acceptors (Lipinski definition) is 3. The molecule has 1 saturated heterocycles. The van der Waals surface area contributed by atoms with Crippen LogP contribution in [0.2, 0.25) is 0 Å². The van der Waals surface area contributed by atoms with Gasteiger partial charge < -0.3 is 0 Å². The number of pyridine rings is 1. The van der Waals surface area contributed by atoms with Gasteiger partial charge in [-0.15, -0.1) is 0 Å². The van der Waals surface area contributed by atoms with E-state index in [-0.39, 0.29) is 0 Å². The standard InChI is InChI=1S/C8H9FN2OS/c9-8-6-7(2-3-10-8)11-13(12)4-1-5-13/h2-3,6H,1,4-5H2. The molecule has 1 aliphatic heterocycles. The second kappa shape index (κ2) is 3.06. The fourth-order valence-electron chi connectivity index (χ4n) is 1.12. The summed E-state index contributed by atoms with van der Waals surface area (Å²) in [5.41, 5.74) is 0.428. The molecule has 0 bridgehead atoms. The molecule has 0 unspecified atom stereocenters. The van der Waals surface area contributed by atoms with Gasteiger partial charge in [-0.2, -0.15) is 8.75 Å². The molecule has 0 spiro atoms. The molecule has 2 rings (SSSR count). The van der Waals surface area contributed by atoms with E-state index in [0.717, 1.165) is 6.42 Å². The first-order chi connectivity index (χ1) is 6.18. The summed E-state index contributed by atoms with van der Waals surface area (Å²) >= 11 is 0. The minimum Gasteiger partial charge on any atom is -0.249 e. The molecule has 1 aromatic rings. The summed E-state index contributed by atoms with van der Waals surface area (Å²) in [4.78, 5) is 3.39. The summed E-state index contributed by atoms with van der Waals surface area (Å²) in [6.07, 6.45) is 2.28. The minimum atomic E-state index is -2.03. The van der Waals surface area contributed by atoms with Crippen LogP contribution in [0.15, 0.2) is 22.7 Å². The van der Waals surface area contributed by atoms with Crippen molar-refractivity contribution in [3.05, 3.63) is 24.3 Å². The van der Waals surface area contributed by atoms with E-state index >= 15 is 0 Å². The summed E-state index contributed by atoms with van der Waals surface area (Å²) in [5.74, 6) is 0.692. The van der Waals surface area contributed by atoms with Gasteiger partial charge in [-0.1, -0.05) is 0 Å². The van der Waals surface area contributed by atoms with Crippen LogP contribution in [-0.4, -0.2) is 20.7 Å². The van der Waals surface area contributed by atoms with Crippen LogP contribution in [0.5, 0.6) is 0 Å². The van der Waals surface area contributed by atoms with Crippen LogP contribution in [0.4, 0.5) is 10.1 Å². The molecule has 1 fully saturated rings. The highest BCUT2D eigenvalue weighted by atomic mass is 32.2. The van der Waals surface area contributed by atoms with Crippen LogP contribution < -0.4 is 0 Å². The van der Waals surface area contributed by atoms with E-state index < -0.39 is 15.7 Å². The Kier molecular flexibility index (Phi) is 2.03. The Morgan fingerprint density at radius 1 is 1.54 bits per heavy atom. The number of rotatable bonds is 1. The summed E-state index contributed by atoms with van der Waals surface area (Å²) in [7, 11) is -2.03. The Labute approximate surface area is 76.2 Å². The number of halogens is 1. The van der Waals surface area contributed by atoms with Crippen molar-refractivity contribution in [3.63, 3.8) is 0 Å². The molecule has 5 heteroatoms. The van der Waals surface area contributed by atoms with E-state index in [0.29, 0.717) is 17.2 Å². The van der Waals surface area contributed by atoms with Gasteiger partial charge >= 0.3 is 0 Å². The van der Waals surface area contributed by atoms with Gasteiger partial charge in [0.05, 0.1) is 15.4 Å². The van der Waals surface area contributed by atoms with Crippen molar-refractivity contribution < 1.29 is 8.60 Å². The molecular formula is C8H9FN2OS. The molecule has 70 valence electrons. The van der Waals surface area contributed by atoms with Crippen molar-refractivity contribution in [2.75, 3.05) is 11.5 Å². The van der Waals surface area contributed by atoms with Crippen LogP contribution in [0.1, 0.15) is 6.42 Å². The maximum Gasteiger partial charge on any atom is 0.214 e. The fourth-order valence-corrected chi connectivity index (χ4v) is 2.59. The molecule has 0 aromatic carbocycles. The average molecular weight is 200 g/mol. The first-order valence-corrected chi connectivity index (χ1v) is 5.87. The summed E-state index contributed by atoms with van der Waals surface area (Å²) < 4.78 is 28.2. The van der Waals surface area contributed by atoms with E-state index in [1.165, 1.54) is 12.3 Å². The van der Waals surface area contributed by atoms with Crippen LogP contribution in [-0.2, 0) is 9.73 Å². The molecule has 2 heterocycles. The highest BCUT2D eigenvalue weighted by Crippen LogP contribution is 2.20. The van der Waals surface area contributed by atoms with Crippen molar-refractivity contribution in [1.29, 1.82) is 0 Å². The van der Waals surface area contributed by atoms with Gasteiger partial charge in [-0.3, -0.25) is 0 Å². The quantitative estimate of drug-likeness (QED) is 0.648. The summed E-state index contributed by atoms with van der Waals surface area (Å²) in [5, 5.41) is 0. The SMILES string of the molecule is O=S1(=Nc2ccnc(F)c2)CCC1. The van der Waals surface area contributed by atoms with Gasteiger partial charge in [0, 0.05) is 23.8 Å².